The lowest BCUT2D eigenvalue weighted by Crippen LogP contribution is -2.10. The number of nitrogens with one attached hydrogen (secondary N) is 1. The molecule has 0 fully saturated rings. The van der Waals surface area contributed by atoms with Gasteiger partial charge in [0.05, 0.1) is 6.54 Å². The van der Waals surface area contributed by atoms with Crippen LogP contribution >= 0.6 is 7.75 Å². The van der Waals surface area contributed by atoms with Crippen molar-refractivity contribution in [3.05, 3.63) is 29.8 Å². The molecule has 1 aromatic carbocycles. The van der Waals surface area contributed by atoms with Crippen LogP contribution in [0, 0.1) is 6.92 Å². The summed E-state index contributed by atoms with van der Waals surface area (Å²) in [5.74, 6) is -0.968. The van der Waals surface area contributed by atoms with Crippen molar-refractivity contribution >= 4 is 19.4 Å². The minimum absolute atomic E-state index is 0.278. The predicted molar refractivity (Wildman–Crippen MR) is 63.5 cm³/mol. The Kier molecular flexibility index (Phi) is 6.45. The molecule has 0 amide bonds. The van der Waals surface area contributed by atoms with Crippen molar-refractivity contribution in [2.75, 3.05) is 11.6 Å². The van der Waals surface area contributed by atoms with Crippen LogP contribution in [0.2, 0.25) is 0 Å². The van der Waals surface area contributed by atoms with E-state index >= 15 is 0 Å². The Morgan fingerprint density at radius 1 is 1.35 bits per heavy atom. The normalized spacial score (nSPS) is 10.1. The first kappa shape index (κ1) is 15.6. The number of carbonyl (C=O) groups is 1. The third kappa shape index (κ3) is 9.52. The largest absolute Gasteiger partial charge is 0.480 e. The van der Waals surface area contributed by atoms with Gasteiger partial charge in [0.1, 0.15) is 0 Å². The summed E-state index contributed by atoms with van der Waals surface area (Å²) in [6.07, 6.45) is 0. The molecule has 0 aliphatic carbocycles. The van der Waals surface area contributed by atoms with Crippen molar-refractivity contribution < 1.29 is 24.3 Å². The van der Waals surface area contributed by atoms with E-state index in [0.717, 1.165) is 5.56 Å². The molecule has 0 spiro atoms. The van der Waals surface area contributed by atoms with E-state index in [-0.39, 0.29) is 6.54 Å². The number of aliphatic carboxylic acids is 1. The van der Waals surface area contributed by atoms with Gasteiger partial charge in [0, 0.05) is 5.69 Å². The van der Waals surface area contributed by atoms with Crippen molar-refractivity contribution in [2.45, 2.75) is 6.92 Å². The smallest absolute Gasteiger partial charge is 0.427 e. The summed E-state index contributed by atoms with van der Waals surface area (Å²) >= 11 is 0. The fourth-order valence-corrected chi connectivity index (χ4v) is 1.28. The summed E-state index contributed by atoms with van der Waals surface area (Å²) in [5, 5.41) is 9.67. The van der Waals surface area contributed by atoms with Crippen LogP contribution in [-0.2, 0) is 9.36 Å². The molecule has 0 atom stereocenters. The summed E-state index contributed by atoms with van der Waals surface area (Å²) in [6.45, 7) is 1.63. The first-order valence-corrected chi connectivity index (χ1v) is 6.18. The maximum atomic E-state index is 10.5. The van der Waals surface area contributed by atoms with Crippen LogP contribution in [0.5, 0.6) is 0 Å². The van der Waals surface area contributed by atoms with Crippen molar-refractivity contribution in [2.24, 2.45) is 5.73 Å². The van der Waals surface area contributed by atoms with E-state index in [1.165, 1.54) is 0 Å². The molecule has 7 nitrogen and oxygen atoms in total. The number of benzene rings is 1. The highest BCUT2D eigenvalue weighted by Crippen LogP contribution is 2.34. The number of carboxylic acids is 1. The molecule has 1 rings (SSSR count). The molecule has 0 bridgehead atoms. The highest BCUT2D eigenvalue weighted by atomic mass is 31.2. The second kappa shape index (κ2) is 7.03. The van der Waals surface area contributed by atoms with Gasteiger partial charge in [-0.25, -0.2) is 4.57 Å². The Morgan fingerprint density at radius 2 is 1.76 bits per heavy atom. The quantitative estimate of drug-likeness (QED) is 0.502. The van der Waals surface area contributed by atoms with E-state index in [4.69, 9.17) is 14.9 Å². The molecule has 1 aromatic rings. The number of carboxylic acid groups (broad SMARTS) is 1. The van der Waals surface area contributed by atoms with Crippen LogP contribution < -0.4 is 10.8 Å². The number of rotatable bonds is 3. The monoisotopic (exact) mass is 262 g/mol. The zero-order chi connectivity index (χ0) is 13.5. The summed E-state index contributed by atoms with van der Waals surface area (Å²) in [5.41, 5.74) is 6.04. The standard InChI is InChI=1S/C7H10NO3P.C2H5NO2/c1-6-2-4-7(5-3-6)8-12(9,10)11;3-1-2(4)5/h2-5H,1H3,(H3,8,9,10,11);1,3H2,(H,4,5). The van der Waals surface area contributed by atoms with Crippen molar-refractivity contribution in [3.63, 3.8) is 0 Å². The van der Waals surface area contributed by atoms with E-state index in [1.54, 1.807) is 24.3 Å². The van der Waals surface area contributed by atoms with Gasteiger partial charge in [-0.1, -0.05) is 17.7 Å². The fraction of sp³-hybridized carbons (Fsp3) is 0.222. The zero-order valence-electron chi connectivity index (χ0n) is 9.20. The van der Waals surface area contributed by atoms with Crippen LogP contribution in [0.4, 0.5) is 5.69 Å². The van der Waals surface area contributed by atoms with E-state index in [0.29, 0.717) is 5.69 Å². The topological polar surface area (TPSA) is 133 Å². The van der Waals surface area contributed by atoms with Crippen LogP contribution in [0.3, 0.4) is 0 Å². The molecule has 0 unspecified atom stereocenters. The molecule has 0 saturated heterocycles. The average molecular weight is 262 g/mol. The van der Waals surface area contributed by atoms with Crippen LogP contribution in [0.1, 0.15) is 5.56 Å². The van der Waals surface area contributed by atoms with Crippen molar-refractivity contribution in [1.82, 2.24) is 0 Å². The van der Waals surface area contributed by atoms with E-state index in [9.17, 15) is 9.36 Å². The summed E-state index contributed by atoms with van der Waals surface area (Å²) < 4.78 is 10.5. The Labute approximate surface area is 98.5 Å². The molecule has 0 radical (unpaired) electrons. The molecule has 0 saturated carbocycles. The van der Waals surface area contributed by atoms with Gasteiger partial charge in [-0.05, 0) is 19.1 Å². The SMILES string of the molecule is Cc1ccc(NP(=O)(O)O)cc1.NCC(=O)O. The number of aryl methyl sites for hydroxylation is 1. The lowest BCUT2D eigenvalue weighted by atomic mass is 10.2. The third-order valence-corrected chi connectivity index (χ3v) is 2.05. The molecular weight excluding hydrogens is 247 g/mol. The van der Waals surface area contributed by atoms with Gasteiger partial charge in [0.25, 0.3) is 0 Å². The molecule has 17 heavy (non-hydrogen) atoms. The molecule has 8 heteroatoms. The van der Waals surface area contributed by atoms with Gasteiger partial charge in [0.2, 0.25) is 0 Å². The lowest BCUT2D eigenvalue weighted by Gasteiger charge is -2.06. The Balaban J connectivity index is 0.000000437. The van der Waals surface area contributed by atoms with Crippen LogP contribution in [-0.4, -0.2) is 27.4 Å². The lowest BCUT2D eigenvalue weighted by molar-refractivity contribution is -0.135. The van der Waals surface area contributed by atoms with E-state index < -0.39 is 13.7 Å². The minimum Gasteiger partial charge on any atom is -0.480 e. The summed E-state index contributed by atoms with van der Waals surface area (Å²) in [6, 6.07) is 6.79. The molecule has 0 heterocycles. The number of hydrogen-bond donors (Lipinski definition) is 5. The van der Waals surface area contributed by atoms with Crippen molar-refractivity contribution in [1.29, 1.82) is 0 Å². The fourth-order valence-electron chi connectivity index (χ4n) is 0.796. The first-order valence-electron chi connectivity index (χ1n) is 4.57. The van der Waals surface area contributed by atoms with Gasteiger partial charge in [0.15, 0.2) is 0 Å². The van der Waals surface area contributed by atoms with Gasteiger partial charge in [-0.15, -0.1) is 0 Å². The zero-order valence-corrected chi connectivity index (χ0v) is 10.1. The van der Waals surface area contributed by atoms with Crippen LogP contribution in [0.15, 0.2) is 24.3 Å². The van der Waals surface area contributed by atoms with Gasteiger partial charge >= 0.3 is 13.7 Å². The van der Waals surface area contributed by atoms with E-state index in [1.807, 2.05) is 6.92 Å². The molecular formula is C9H15N2O5P. The Morgan fingerprint density at radius 3 is 2.06 bits per heavy atom. The highest BCUT2D eigenvalue weighted by Gasteiger charge is 2.10. The molecule has 96 valence electrons. The molecule has 0 aliphatic rings. The Hall–Kier alpha value is -1.40. The summed E-state index contributed by atoms with van der Waals surface area (Å²) in [7, 11) is -4.15. The summed E-state index contributed by atoms with van der Waals surface area (Å²) in [4.78, 5) is 26.3. The molecule has 0 aliphatic heterocycles. The maximum absolute atomic E-state index is 10.5. The van der Waals surface area contributed by atoms with Gasteiger partial charge in [-0.2, -0.15) is 0 Å². The second-order valence-electron chi connectivity index (χ2n) is 3.12. The minimum atomic E-state index is -4.15. The van der Waals surface area contributed by atoms with Crippen molar-refractivity contribution in [3.8, 4) is 0 Å². The van der Waals surface area contributed by atoms with Gasteiger partial charge in [-0.3, -0.25) is 9.88 Å². The number of anilines is 1. The molecule has 6 N–H and O–H groups in total. The average Bonchev–Trinajstić information content (AvgIpc) is 2.20. The highest BCUT2D eigenvalue weighted by molar-refractivity contribution is 7.53. The number of nitrogens with two attached hydrogens (primary N) is 1. The van der Waals surface area contributed by atoms with Crippen LogP contribution in [0.25, 0.3) is 0 Å². The maximum Gasteiger partial charge on any atom is 0.427 e. The third-order valence-electron chi connectivity index (χ3n) is 1.50. The van der Waals surface area contributed by atoms with E-state index in [2.05, 4.69) is 10.8 Å². The Bertz CT molecular complexity index is 400. The second-order valence-corrected chi connectivity index (χ2v) is 4.43. The molecule has 0 aromatic heterocycles. The van der Waals surface area contributed by atoms with Gasteiger partial charge < -0.3 is 20.6 Å². The predicted octanol–water partition coefficient (Wildman–Crippen LogP) is 0.529. The number of hydrogen-bond acceptors (Lipinski definition) is 3. The first-order chi connectivity index (χ1) is 7.74.